The molecule has 1 aromatic heterocycles. The van der Waals surface area contributed by atoms with Gasteiger partial charge in [0, 0.05) is 23.5 Å². The Hall–Kier alpha value is -1.38. The minimum absolute atomic E-state index is 0.0686. The van der Waals surface area contributed by atoms with Crippen molar-refractivity contribution in [2.45, 2.75) is 18.9 Å². The second-order valence-corrected chi connectivity index (χ2v) is 4.53. The molecule has 0 bridgehead atoms. The lowest BCUT2D eigenvalue weighted by Gasteiger charge is -2.12. The van der Waals surface area contributed by atoms with Crippen LogP contribution in [0.5, 0.6) is 0 Å². The highest BCUT2D eigenvalue weighted by Crippen LogP contribution is 2.17. The van der Waals surface area contributed by atoms with E-state index in [1.807, 2.05) is 42.6 Å². The Balaban J connectivity index is 1.98. The summed E-state index contributed by atoms with van der Waals surface area (Å²) in [4.78, 5) is 4.08. The SMILES string of the molecule is NC(Cc1cccnc1)Cc1ccccc1Cl. The van der Waals surface area contributed by atoms with Gasteiger partial charge in [-0.15, -0.1) is 0 Å². The van der Waals surface area contributed by atoms with E-state index in [1.165, 1.54) is 0 Å². The summed E-state index contributed by atoms with van der Waals surface area (Å²) in [5, 5.41) is 0.786. The standard InChI is InChI=1S/C14H15ClN2/c15-14-6-2-1-5-12(14)9-13(16)8-11-4-3-7-17-10-11/h1-7,10,13H,8-9,16H2. The first kappa shape index (κ1) is 12.1. The molecule has 0 spiro atoms. The second-order valence-electron chi connectivity index (χ2n) is 4.12. The van der Waals surface area contributed by atoms with E-state index in [-0.39, 0.29) is 6.04 Å². The van der Waals surface area contributed by atoms with E-state index in [1.54, 1.807) is 6.20 Å². The van der Waals surface area contributed by atoms with Crippen LogP contribution in [-0.2, 0) is 12.8 Å². The van der Waals surface area contributed by atoms with Crippen LogP contribution in [0, 0.1) is 0 Å². The number of hydrogen-bond donors (Lipinski definition) is 1. The molecule has 0 saturated carbocycles. The molecule has 0 saturated heterocycles. The third-order valence-corrected chi connectivity index (χ3v) is 3.03. The summed E-state index contributed by atoms with van der Waals surface area (Å²) in [6, 6.07) is 11.9. The summed E-state index contributed by atoms with van der Waals surface area (Å²) in [6.07, 6.45) is 5.23. The van der Waals surface area contributed by atoms with Gasteiger partial charge in [0.2, 0.25) is 0 Å². The monoisotopic (exact) mass is 246 g/mol. The van der Waals surface area contributed by atoms with E-state index in [2.05, 4.69) is 4.98 Å². The summed E-state index contributed by atoms with van der Waals surface area (Å²) in [7, 11) is 0. The maximum Gasteiger partial charge on any atom is 0.0438 e. The van der Waals surface area contributed by atoms with Gasteiger partial charge in [0.05, 0.1) is 0 Å². The third-order valence-electron chi connectivity index (χ3n) is 2.66. The van der Waals surface area contributed by atoms with Crippen LogP contribution >= 0.6 is 11.6 Å². The zero-order chi connectivity index (χ0) is 12.1. The van der Waals surface area contributed by atoms with Gasteiger partial charge in [0.1, 0.15) is 0 Å². The average Bonchev–Trinajstić information content (AvgIpc) is 2.33. The molecule has 2 rings (SSSR count). The molecule has 1 aromatic carbocycles. The van der Waals surface area contributed by atoms with Crippen molar-refractivity contribution in [1.29, 1.82) is 0 Å². The third kappa shape index (κ3) is 3.55. The minimum Gasteiger partial charge on any atom is -0.327 e. The van der Waals surface area contributed by atoms with Gasteiger partial charge < -0.3 is 5.73 Å². The van der Waals surface area contributed by atoms with Crippen molar-refractivity contribution >= 4 is 11.6 Å². The van der Waals surface area contributed by atoms with Gasteiger partial charge in [-0.1, -0.05) is 35.9 Å². The second kappa shape index (κ2) is 5.80. The predicted molar refractivity (Wildman–Crippen MR) is 71.1 cm³/mol. The fourth-order valence-electron chi connectivity index (χ4n) is 1.84. The summed E-state index contributed by atoms with van der Waals surface area (Å²) in [6.45, 7) is 0. The van der Waals surface area contributed by atoms with Crippen LogP contribution in [0.2, 0.25) is 5.02 Å². The van der Waals surface area contributed by atoms with Crippen LogP contribution in [0.1, 0.15) is 11.1 Å². The molecule has 17 heavy (non-hydrogen) atoms. The first-order chi connectivity index (χ1) is 8.25. The largest absolute Gasteiger partial charge is 0.327 e. The quantitative estimate of drug-likeness (QED) is 0.901. The van der Waals surface area contributed by atoms with Crippen LogP contribution in [0.3, 0.4) is 0 Å². The maximum absolute atomic E-state index is 6.12. The van der Waals surface area contributed by atoms with E-state index in [9.17, 15) is 0 Å². The van der Waals surface area contributed by atoms with Crippen molar-refractivity contribution < 1.29 is 0 Å². The fraction of sp³-hybridized carbons (Fsp3) is 0.214. The molecule has 1 heterocycles. The molecule has 2 nitrogen and oxygen atoms in total. The first-order valence-corrected chi connectivity index (χ1v) is 6.01. The van der Waals surface area contributed by atoms with Gasteiger partial charge in [-0.2, -0.15) is 0 Å². The van der Waals surface area contributed by atoms with E-state index in [4.69, 9.17) is 17.3 Å². The lowest BCUT2D eigenvalue weighted by Crippen LogP contribution is -2.25. The summed E-state index contributed by atoms with van der Waals surface area (Å²) < 4.78 is 0. The Bertz CT molecular complexity index is 471. The zero-order valence-corrected chi connectivity index (χ0v) is 10.3. The Morgan fingerprint density at radius 1 is 1.12 bits per heavy atom. The lowest BCUT2D eigenvalue weighted by atomic mass is 10.0. The van der Waals surface area contributed by atoms with Gasteiger partial charge in [-0.25, -0.2) is 0 Å². The molecular weight excluding hydrogens is 232 g/mol. The molecule has 0 aliphatic heterocycles. The Morgan fingerprint density at radius 3 is 2.65 bits per heavy atom. The molecule has 1 atom stereocenters. The number of benzene rings is 1. The molecule has 1 unspecified atom stereocenters. The van der Waals surface area contributed by atoms with Crippen LogP contribution in [0.15, 0.2) is 48.8 Å². The number of hydrogen-bond acceptors (Lipinski definition) is 2. The topological polar surface area (TPSA) is 38.9 Å². The Morgan fingerprint density at radius 2 is 1.94 bits per heavy atom. The van der Waals surface area contributed by atoms with E-state index < -0.39 is 0 Å². The van der Waals surface area contributed by atoms with Crippen LogP contribution in [0.25, 0.3) is 0 Å². The van der Waals surface area contributed by atoms with Crippen molar-refractivity contribution in [2.75, 3.05) is 0 Å². The molecule has 0 amide bonds. The van der Waals surface area contributed by atoms with Crippen molar-refractivity contribution in [2.24, 2.45) is 5.73 Å². The van der Waals surface area contributed by atoms with Gasteiger partial charge in [-0.05, 0) is 36.1 Å². The Kier molecular flexibility index (Phi) is 4.13. The smallest absolute Gasteiger partial charge is 0.0438 e. The number of aromatic nitrogens is 1. The Labute approximate surface area is 106 Å². The van der Waals surface area contributed by atoms with Crippen molar-refractivity contribution in [3.8, 4) is 0 Å². The van der Waals surface area contributed by atoms with Crippen molar-refractivity contribution in [1.82, 2.24) is 4.98 Å². The number of nitrogens with zero attached hydrogens (tertiary/aromatic N) is 1. The molecule has 2 N–H and O–H groups in total. The van der Waals surface area contributed by atoms with Crippen molar-refractivity contribution in [3.05, 3.63) is 64.9 Å². The molecule has 0 fully saturated rings. The highest BCUT2D eigenvalue weighted by atomic mass is 35.5. The normalized spacial score (nSPS) is 12.4. The van der Waals surface area contributed by atoms with Crippen LogP contribution < -0.4 is 5.73 Å². The van der Waals surface area contributed by atoms with Gasteiger partial charge >= 0.3 is 0 Å². The number of pyridine rings is 1. The molecular formula is C14H15ClN2. The van der Waals surface area contributed by atoms with E-state index in [0.717, 1.165) is 29.0 Å². The first-order valence-electron chi connectivity index (χ1n) is 5.63. The fourth-order valence-corrected chi connectivity index (χ4v) is 2.05. The van der Waals surface area contributed by atoms with Crippen LogP contribution in [-0.4, -0.2) is 11.0 Å². The molecule has 3 heteroatoms. The van der Waals surface area contributed by atoms with Gasteiger partial charge in [0.15, 0.2) is 0 Å². The molecule has 2 aromatic rings. The summed E-state index contributed by atoms with van der Waals surface area (Å²) in [5.74, 6) is 0. The van der Waals surface area contributed by atoms with Gasteiger partial charge in [-0.3, -0.25) is 4.98 Å². The van der Waals surface area contributed by atoms with Crippen molar-refractivity contribution in [3.63, 3.8) is 0 Å². The summed E-state index contributed by atoms with van der Waals surface area (Å²) in [5.41, 5.74) is 8.38. The van der Waals surface area contributed by atoms with E-state index in [0.29, 0.717) is 0 Å². The maximum atomic E-state index is 6.12. The van der Waals surface area contributed by atoms with Crippen LogP contribution in [0.4, 0.5) is 0 Å². The molecule has 0 radical (unpaired) electrons. The lowest BCUT2D eigenvalue weighted by molar-refractivity contribution is 0.663. The highest BCUT2D eigenvalue weighted by molar-refractivity contribution is 6.31. The average molecular weight is 247 g/mol. The summed E-state index contributed by atoms with van der Waals surface area (Å²) >= 11 is 6.10. The highest BCUT2D eigenvalue weighted by Gasteiger charge is 2.07. The predicted octanol–water partition coefficient (Wildman–Crippen LogP) is 2.85. The molecule has 0 aliphatic rings. The van der Waals surface area contributed by atoms with E-state index >= 15 is 0 Å². The number of rotatable bonds is 4. The molecule has 0 aliphatic carbocycles. The zero-order valence-electron chi connectivity index (χ0n) is 9.51. The number of nitrogens with two attached hydrogens (primary N) is 1. The molecule has 88 valence electrons. The minimum atomic E-state index is 0.0686. The number of halogens is 1. The van der Waals surface area contributed by atoms with Gasteiger partial charge in [0.25, 0.3) is 0 Å².